The fourth-order valence-corrected chi connectivity index (χ4v) is 3.64. The standard InChI is InChI=1S/C19H15Br2N3O3/c20-14-8-12(18(26)17(21)19(14)27)9-23-24-16(25)10-22-15-7-3-5-11-4-1-2-6-13(11)15/h1-9,22,26-27H,10H2,(H,24,25)/b23-9+. The molecule has 0 aliphatic carbocycles. The van der Waals surface area contributed by atoms with Crippen LogP contribution in [0.2, 0.25) is 0 Å². The first-order chi connectivity index (χ1) is 13.0. The molecule has 0 aliphatic rings. The lowest BCUT2D eigenvalue weighted by atomic mass is 10.1. The summed E-state index contributed by atoms with van der Waals surface area (Å²) in [7, 11) is 0. The lowest BCUT2D eigenvalue weighted by Crippen LogP contribution is -2.25. The van der Waals surface area contributed by atoms with Crippen LogP contribution in [0.15, 0.2) is 62.6 Å². The zero-order valence-electron chi connectivity index (χ0n) is 13.9. The van der Waals surface area contributed by atoms with E-state index < -0.39 is 0 Å². The minimum Gasteiger partial charge on any atom is -0.506 e. The van der Waals surface area contributed by atoms with Crippen molar-refractivity contribution in [2.24, 2.45) is 5.10 Å². The van der Waals surface area contributed by atoms with Crippen LogP contribution in [0, 0.1) is 0 Å². The second-order valence-electron chi connectivity index (χ2n) is 5.63. The van der Waals surface area contributed by atoms with E-state index in [0.717, 1.165) is 16.5 Å². The number of anilines is 1. The molecule has 3 rings (SSSR count). The number of fused-ring (bicyclic) bond motifs is 1. The van der Waals surface area contributed by atoms with Crippen molar-refractivity contribution >= 4 is 60.4 Å². The van der Waals surface area contributed by atoms with Gasteiger partial charge < -0.3 is 15.5 Å². The average molecular weight is 493 g/mol. The molecule has 0 heterocycles. The van der Waals surface area contributed by atoms with Gasteiger partial charge in [-0.2, -0.15) is 5.10 Å². The number of hydrazone groups is 1. The van der Waals surface area contributed by atoms with Crippen molar-refractivity contribution in [1.29, 1.82) is 0 Å². The molecule has 4 N–H and O–H groups in total. The molecule has 3 aromatic rings. The maximum absolute atomic E-state index is 12.0. The molecule has 27 heavy (non-hydrogen) atoms. The monoisotopic (exact) mass is 491 g/mol. The Morgan fingerprint density at radius 2 is 1.81 bits per heavy atom. The van der Waals surface area contributed by atoms with Gasteiger partial charge in [0.25, 0.3) is 5.91 Å². The van der Waals surface area contributed by atoms with E-state index in [9.17, 15) is 15.0 Å². The van der Waals surface area contributed by atoms with Crippen molar-refractivity contribution in [3.63, 3.8) is 0 Å². The van der Waals surface area contributed by atoms with E-state index >= 15 is 0 Å². The minimum absolute atomic E-state index is 0.0420. The normalized spacial score (nSPS) is 11.0. The van der Waals surface area contributed by atoms with Gasteiger partial charge in [-0.15, -0.1) is 0 Å². The number of nitrogens with one attached hydrogen (secondary N) is 2. The smallest absolute Gasteiger partial charge is 0.259 e. The van der Waals surface area contributed by atoms with Gasteiger partial charge in [0.1, 0.15) is 16.0 Å². The minimum atomic E-state index is -0.337. The first kappa shape index (κ1) is 19.2. The van der Waals surface area contributed by atoms with Gasteiger partial charge in [0.05, 0.1) is 17.2 Å². The number of halogens is 2. The number of carbonyl (C=O) groups is 1. The Bertz CT molecular complexity index is 1030. The Hall–Kier alpha value is -2.58. The molecule has 0 fully saturated rings. The first-order valence-corrected chi connectivity index (χ1v) is 9.49. The topological polar surface area (TPSA) is 94.0 Å². The van der Waals surface area contributed by atoms with Crippen LogP contribution >= 0.6 is 31.9 Å². The largest absolute Gasteiger partial charge is 0.506 e. The van der Waals surface area contributed by atoms with E-state index in [2.05, 4.69) is 47.7 Å². The molecule has 6 nitrogen and oxygen atoms in total. The number of carbonyl (C=O) groups excluding carboxylic acids is 1. The van der Waals surface area contributed by atoms with Gasteiger partial charge >= 0.3 is 0 Å². The quantitative estimate of drug-likeness (QED) is 0.315. The van der Waals surface area contributed by atoms with E-state index in [1.165, 1.54) is 12.3 Å². The van der Waals surface area contributed by atoms with Crippen LogP contribution in [0.4, 0.5) is 5.69 Å². The second-order valence-corrected chi connectivity index (χ2v) is 7.28. The summed E-state index contributed by atoms with van der Waals surface area (Å²) in [6, 6.07) is 15.2. The molecule has 0 unspecified atom stereocenters. The summed E-state index contributed by atoms with van der Waals surface area (Å²) in [6.07, 6.45) is 1.29. The van der Waals surface area contributed by atoms with Crippen molar-refractivity contribution in [3.8, 4) is 11.5 Å². The Morgan fingerprint density at radius 1 is 1.07 bits per heavy atom. The highest BCUT2D eigenvalue weighted by Gasteiger charge is 2.12. The van der Waals surface area contributed by atoms with Crippen LogP contribution in [-0.2, 0) is 4.79 Å². The van der Waals surface area contributed by atoms with Gasteiger partial charge in [0, 0.05) is 16.6 Å². The molecule has 0 saturated carbocycles. The third-order valence-corrected chi connectivity index (χ3v) is 5.18. The van der Waals surface area contributed by atoms with Crippen LogP contribution in [-0.4, -0.2) is 28.9 Å². The van der Waals surface area contributed by atoms with Crippen molar-refractivity contribution in [3.05, 3.63) is 63.0 Å². The molecule has 0 radical (unpaired) electrons. The van der Waals surface area contributed by atoms with Crippen LogP contribution in [0.3, 0.4) is 0 Å². The lowest BCUT2D eigenvalue weighted by molar-refractivity contribution is -0.119. The van der Waals surface area contributed by atoms with Crippen LogP contribution < -0.4 is 10.7 Å². The number of phenolic OH excluding ortho intramolecular Hbond substituents is 2. The summed E-state index contributed by atoms with van der Waals surface area (Å²) >= 11 is 6.26. The van der Waals surface area contributed by atoms with Crippen LogP contribution in [0.5, 0.6) is 11.5 Å². The number of nitrogens with zero attached hydrogens (tertiary/aromatic N) is 1. The molecule has 8 heteroatoms. The molecule has 0 aromatic heterocycles. The fraction of sp³-hybridized carbons (Fsp3) is 0.0526. The maximum Gasteiger partial charge on any atom is 0.259 e. The predicted molar refractivity (Wildman–Crippen MR) is 113 cm³/mol. The molecular weight excluding hydrogens is 478 g/mol. The number of rotatable bonds is 5. The first-order valence-electron chi connectivity index (χ1n) is 7.91. The number of aromatic hydroxyl groups is 2. The molecule has 138 valence electrons. The third-order valence-electron chi connectivity index (χ3n) is 3.82. The maximum atomic E-state index is 12.0. The molecule has 0 bridgehead atoms. The zero-order valence-corrected chi connectivity index (χ0v) is 17.1. The Labute approximate surface area is 172 Å². The van der Waals surface area contributed by atoms with Gasteiger partial charge in [-0.25, -0.2) is 5.43 Å². The SMILES string of the molecule is O=C(CNc1cccc2ccccc12)N/N=C/c1cc(Br)c(O)c(Br)c1O. The number of benzene rings is 3. The Kier molecular flexibility index (Phi) is 5.98. The van der Waals surface area contributed by atoms with E-state index in [0.29, 0.717) is 10.0 Å². The Balaban J connectivity index is 1.63. The molecule has 0 spiro atoms. The second kappa shape index (κ2) is 8.41. The molecular formula is C19H15Br2N3O3. The molecule has 0 saturated heterocycles. The zero-order chi connectivity index (χ0) is 19.4. The van der Waals surface area contributed by atoms with E-state index in [4.69, 9.17) is 0 Å². The number of hydrogen-bond acceptors (Lipinski definition) is 5. The van der Waals surface area contributed by atoms with E-state index in [1.54, 1.807) is 0 Å². The van der Waals surface area contributed by atoms with Gasteiger partial charge in [0.15, 0.2) is 0 Å². The molecule has 3 aromatic carbocycles. The number of phenols is 2. The Morgan fingerprint density at radius 3 is 2.63 bits per heavy atom. The highest BCUT2D eigenvalue weighted by atomic mass is 79.9. The van der Waals surface area contributed by atoms with Gasteiger partial charge in [-0.3, -0.25) is 4.79 Å². The van der Waals surface area contributed by atoms with Gasteiger partial charge in [-0.1, -0.05) is 36.4 Å². The number of amides is 1. The predicted octanol–water partition coefficient (Wildman–Crippen LogP) is 4.34. The summed E-state index contributed by atoms with van der Waals surface area (Å²) in [4.78, 5) is 12.0. The molecule has 0 atom stereocenters. The lowest BCUT2D eigenvalue weighted by Gasteiger charge is -2.09. The summed E-state index contributed by atoms with van der Waals surface area (Å²) in [5.74, 6) is -0.633. The van der Waals surface area contributed by atoms with Crippen molar-refractivity contribution in [2.75, 3.05) is 11.9 Å². The summed E-state index contributed by atoms with van der Waals surface area (Å²) < 4.78 is 0.528. The van der Waals surface area contributed by atoms with Gasteiger partial charge in [-0.05, 0) is 49.4 Å². The van der Waals surface area contributed by atoms with Gasteiger partial charge in [0.2, 0.25) is 0 Å². The highest BCUT2D eigenvalue weighted by Crippen LogP contribution is 2.40. The third kappa shape index (κ3) is 4.40. The van der Waals surface area contributed by atoms with Crippen molar-refractivity contribution < 1.29 is 15.0 Å². The van der Waals surface area contributed by atoms with Crippen LogP contribution in [0.1, 0.15) is 5.56 Å². The summed E-state index contributed by atoms with van der Waals surface area (Å²) in [6.45, 7) is 0.0420. The summed E-state index contributed by atoms with van der Waals surface area (Å²) in [5, 5.41) is 28.7. The van der Waals surface area contributed by atoms with Crippen molar-refractivity contribution in [2.45, 2.75) is 0 Å². The van der Waals surface area contributed by atoms with Crippen LogP contribution in [0.25, 0.3) is 10.8 Å². The number of hydrogen-bond donors (Lipinski definition) is 4. The van der Waals surface area contributed by atoms with E-state index in [1.807, 2.05) is 42.5 Å². The average Bonchev–Trinajstić information content (AvgIpc) is 2.68. The fourth-order valence-electron chi connectivity index (χ4n) is 2.48. The van der Waals surface area contributed by atoms with Crippen molar-refractivity contribution in [1.82, 2.24) is 5.43 Å². The van der Waals surface area contributed by atoms with E-state index in [-0.39, 0.29) is 28.4 Å². The molecule has 0 aliphatic heterocycles. The summed E-state index contributed by atoms with van der Waals surface area (Å²) in [5.41, 5.74) is 3.58. The highest BCUT2D eigenvalue weighted by molar-refractivity contribution is 9.11. The molecule has 1 amide bonds.